The number of imide groups is 1. The van der Waals surface area contributed by atoms with Gasteiger partial charge in [0.2, 0.25) is 5.91 Å². The number of rotatable bonds is 9. The van der Waals surface area contributed by atoms with Crippen LogP contribution < -0.4 is 15.0 Å². The zero-order chi connectivity index (χ0) is 28.7. The molecule has 3 rings (SSSR count). The number of nitrogens with zero attached hydrogens (tertiary/aromatic N) is 2. The monoisotopic (exact) mass is 569 g/mol. The van der Waals surface area contributed by atoms with Gasteiger partial charge in [-0.3, -0.25) is 19.5 Å². The Kier molecular flexibility index (Phi) is 13.5. The number of hydrogen-bond donors (Lipinski definition) is 4. The first-order valence-electron chi connectivity index (χ1n) is 10.7. The molecule has 1 aromatic heterocycles. The van der Waals surface area contributed by atoms with Crippen molar-refractivity contribution in [2.24, 2.45) is 0 Å². The van der Waals surface area contributed by atoms with Crippen LogP contribution in [0.5, 0.6) is 5.75 Å². The van der Waals surface area contributed by atoms with Crippen molar-refractivity contribution in [1.29, 1.82) is 0 Å². The zero-order valence-electron chi connectivity index (χ0n) is 20.4. The predicted octanol–water partition coefficient (Wildman–Crippen LogP) is 1.71. The average molecular weight is 570 g/mol. The molecule has 0 spiro atoms. The second-order valence-electron chi connectivity index (χ2n) is 7.43. The van der Waals surface area contributed by atoms with Gasteiger partial charge in [0.05, 0.1) is 18.1 Å². The fourth-order valence-electron chi connectivity index (χ4n) is 2.60. The number of thioether (sulfide) groups is 1. The summed E-state index contributed by atoms with van der Waals surface area (Å²) in [6.45, 7) is 1.27. The highest BCUT2D eigenvalue weighted by atomic mass is 32.2. The summed E-state index contributed by atoms with van der Waals surface area (Å²) in [6.07, 6.45) is 4.13. The Morgan fingerprint density at radius 1 is 1.11 bits per heavy atom. The number of carboxylic acids is 2. The van der Waals surface area contributed by atoms with Gasteiger partial charge in [-0.25, -0.2) is 14.6 Å². The van der Waals surface area contributed by atoms with Crippen LogP contribution in [0.2, 0.25) is 0 Å². The molecule has 1 aromatic carbocycles. The number of carbonyl (C=O) groups is 4. The fraction of sp³-hybridized carbons (Fsp3) is 0.261. The number of benzene rings is 1. The van der Waals surface area contributed by atoms with E-state index < -0.39 is 22.1 Å². The number of ether oxygens (including phenoxy) is 1. The third-order valence-corrected chi connectivity index (χ3v) is 5.20. The lowest BCUT2D eigenvalue weighted by atomic mass is 10.1. The van der Waals surface area contributed by atoms with Crippen molar-refractivity contribution in [1.82, 2.24) is 10.3 Å². The van der Waals surface area contributed by atoms with E-state index in [4.69, 9.17) is 19.5 Å². The van der Waals surface area contributed by atoms with E-state index in [2.05, 4.69) is 10.3 Å². The first kappa shape index (κ1) is 32.1. The summed E-state index contributed by atoms with van der Waals surface area (Å²) in [7, 11) is -1.69. The van der Waals surface area contributed by atoms with E-state index in [9.17, 15) is 27.6 Å². The average Bonchev–Trinajstić information content (AvgIpc) is 3.15. The van der Waals surface area contributed by atoms with Gasteiger partial charge < -0.3 is 19.8 Å². The largest absolute Gasteiger partial charge is 0.492 e. The van der Waals surface area contributed by atoms with Crippen LogP contribution in [0.4, 0.5) is 10.6 Å². The van der Waals surface area contributed by atoms with Crippen LogP contribution in [0.3, 0.4) is 0 Å². The number of amides is 2. The first-order valence-corrected chi connectivity index (χ1v) is 13.4. The summed E-state index contributed by atoms with van der Waals surface area (Å²) in [4.78, 5) is 48.2. The van der Waals surface area contributed by atoms with E-state index in [0.29, 0.717) is 31.4 Å². The molecule has 4 N–H and O–H groups in total. The van der Waals surface area contributed by atoms with E-state index in [1.54, 1.807) is 6.20 Å². The molecule has 1 aliphatic rings. The molecule has 0 aliphatic carbocycles. The summed E-state index contributed by atoms with van der Waals surface area (Å²) in [5, 5.41) is 17.3. The third kappa shape index (κ3) is 15.2. The minimum absolute atomic E-state index is 0.215. The summed E-state index contributed by atoms with van der Waals surface area (Å²) >= 11 is 1.05. The van der Waals surface area contributed by atoms with E-state index in [-0.39, 0.29) is 16.4 Å². The molecular weight excluding hydrogens is 542 g/mol. The maximum atomic E-state index is 11.6. The Labute approximate surface area is 223 Å². The SMILES string of the molecule is CN(CCOc1ccc(CC2SC(=O)NC2=O)cc1)c1ccccn1.CS(=O)(=O)O.O=C(O)C=CC(=O)O. The summed E-state index contributed by atoms with van der Waals surface area (Å²) < 4.78 is 31.6. The number of pyridine rings is 1. The van der Waals surface area contributed by atoms with E-state index >= 15 is 0 Å². The number of likely N-dealkylation sites (N-methyl/N-ethyl adjacent to an activating group) is 1. The molecule has 1 unspecified atom stereocenters. The lowest BCUT2D eigenvalue weighted by Gasteiger charge is -2.18. The zero-order valence-corrected chi connectivity index (χ0v) is 22.0. The number of nitrogens with one attached hydrogen (secondary N) is 1. The molecule has 1 aliphatic heterocycles. The van der Waals surface area contributed by atoms with Crippen molar-refractivity contribution in [3.05, 3.63) is 66.4 Å². The van der Waals surface area contributed by atoms with E-state index in [1.807, 2.05) is 54.4 Å². The lowest BCUT2D eigenvalue weighted by Crippen LogP contribution is -2.25. The molecule has 1 fully saturated rings. The van der Waals surface area contributed by atoms with Crippen molar-refractivity contribution in [3.8, 4) is 5.75 Å². The minimum atomic E-state index is -3.67. The number of carbonyl (C=O) groups excluding carboxylic acids is 2. The van der Waals surface area contributed by atoms with E-state index in [0.717, 1.165) is 35.4 Å². The normalized spacial score (nSPS) is 14.4. The van der Waals surface area contributed by atoms with Crippen LogP contribution in [0.15, 0.2) is 60.8 Å². The first-order chi connectivity index (χ1) is 17.7. The van der Waals surface area contributed by atoms with Gasteiger partial charge in [0.25, 0.3) is 15.4 Å². The standard InChI is InChI=1S/C18H19N3O3S.C4H4O4.CH4O3S/c1-21(16-4-2-3-9-19-16)10-11-24-14-7-5-13(6-8-14)12-15-17(22)20-18(23)25-15;5-3(6)1-2-4(7)8;1-5(2,3)4/h2-9,15H,10-12H2,1H3,(H,20,22,23);1-2H,(H,5,6)(H,7,8);1H3,(H,2,3,4). The highest BCUT2D eigenvalue weighted by molar-refractivity contribution is 8.15. The van der Waals surface area contributed by atoms with Gasteiger partial charge >= 0.3 is 11.9 Å². The predicted molar refractivity (Wildman–Crippen MR) is 140 cm³/mol. The number of anilines is 1. The van der Waals surface area contributed by atoms with Crippen molar-refractivity contribution in [2.45, 2.75) is 11.7 Å². The summed E-state index contributed by atoms with van der Waals surface area (Å²) in [6, 6.07) is 13.4. The molecule has 206 valence electrons. The summed E-state index contributed by atoms with van der Waals surface area (Å²) in [5.41, 5.74) is 1.00. The molecule has 2 aromatic rings. The topological polar surface area (TPSA) is 200 Å². The van der Waals surface area contributed by atoms with Gasteiger partial charge in [0, 0.05) is 25.4 Å². The van der Waals surface area contributed by atoms with Gasteiger partial charge in [-0.1, -0.05) is 30.0 Å². The lowest BCUT2D eigenvalue weighted by molar-refractivity contribution is -0.134. The van der Waals surface area contributed by atoms with Crippen LogP contribution in [0, 0.1) is 0 Å². The Balaban J connectivity index is 0.000000462. The van der Waals surface area contributed by atoms with Crippen LogP contribution >= 0.6 is 11.8 Å². The smallest absolute Gasteiger partial charge is 0.328 e. The van der Waals surface area contributed by atoms with Gasteiger partial charge in [0.1, 0.15) is 18.2 Å². The quantitative estimate of drug-likeness (QED) is 0.251. The second kappa shape index (κ2) is 16.0. The number of aliphatic carboxylic acids is 2. The Morgan fingerprint density at radius 3 is 2.13 bits per heavy atom. The molecule has 2 heterocycles. The fourth-order valence-corrected chi connectivity index (χ4v) is 3.46. The highest BCUT2D eigenvalue weighted by Gasteiger charge is 2.31. The van der Waals surface area contributed by atoms with Crippen LogP contribution in [-0.2, 0) is 30.9 Å². The Morgan fingerprint density at radius 2 is 1.68 bits per heavy atom. The molecule has 0 radical (unpaired) electrons. The third-order valence-electron chi connectivity index (χ3n) is 4.22. The highest BCUT2D eigenvalue weighted by Crippen LogP contribution is 2.23. The van der Waals surface area contributed by atoms with Crippen molar-refractivity contribution in [2.75, 3.05) is 31.4 Å². The maximum absolute atomic E-state index is 11.6. The number of carboxylic acid groups (broad SMARTS) is 2. The molecule has 1 atom stereocenters. The molecule has 0 saturated carbocycles. The van der Waals surface area contributed by atoms with Gasteiger partial charge in [0.15, 0.2) is 0 Å². The van der Waals surface area contributed by atoms with Gasteiger partial charge in [-0.15, -0.1) is 0 Å². The molecule has 2 amide bonds. The molecule has 38 heavy (non-hydrogen) atoms. The minimum Gasteiger partial charge on any atom is -0.492 e. The summed E-state index contributed by atoms with van der Waals surface area (Å²) in [5.74, 6) is -1.05. The van der Waals surface area contributed by atoms with Crippen molar-refractivity contribution >= 4 is 50.8 Å². The van der Waals surface area contributed by atoms with Gasteiger partial charge in [-0.05, 0) is 36.2 Å². The number of aromatic nitrogens is 1. The maximum Gasteiger partial charge on any atom is 0.328 e. The van der Waals surface area contributed by atoms with Gasteiger partial charge in [-0.2, -0.15) is 8.42 Å². The Bertz CT molecular complexity index is 1200. The van der Waals surface area contributed by atoms with Crippen LogP contribution in [0.1, 0.15) is 5.56 Å². The molecule has 15 heteroatoms. The van der Waals surface area contributed by atoms with Crippen LogP contribution in [0.25, 0.3) is 0 Å². The molecular formula is C23H27N3O10S2. The van der Waals surface area contributed by atoms with Crippen LogP contribution in [-0.4, -0.2) is 83.0 Å². The molecule has 13 nitrogen and oxygen atoms in total. The van der Waals surface area contributed by atoms with E-state index in [1.165, 1.54) is 0 Å². The number of hydrogen-bond acceptors (Lipinski definition) is 10. The molecule has 1 saturated heterocycles. The van der Waals surface area contributed by atoms with Crippen molar-refractivity contribution < 1.29 is 47.1 Å². The second-order valence-corrected chi connectivity index (χ2v) is 10.1. The van der Waals surface area contributed by atoms with Crippen molar-refractivity contribution in [3.63, 3.8) is 0 Å². The Hall–Kier alpha value is -3.95. The molecule has 0 bridgehead atoms.